The Kier molecular flexibility index (Phi) is 8.58. The van der Waals surface area contributed by atoms with Crippen molar-refractivity contribution in [3.05, 3.63) is 35.4 Å². The van der Waals surface area contributed by atoms with Gasteiger partial charge >= 0.3 is 0 Å². The first-order chi connectivity index (χ1) is 10.0. The van der Waals surface area contributed by atoms with Crippen LogP contribution in [0, 0.1) is 11.8 Å². The van der Waals surface area contributed by atoms with Crippen LogP contribution < -0.4 is 5.32 Å². The van der Waals surface area contributed by atoms with Crippen LogP contribution in [0.3, 0.4) is 0 Å². The zero-order valence-electron chi connectivity index (χ0n) is 13.7. The molecule has 3 N–H and O–H groups in total. The molecule has 3 heteroatoms. The summed E-state index contributed by atoms with van der Waals surface area (Å²) < 4.78 is 0. The standard InChI is InChI=1S/C18H31NO2/c1-14(2)11-16-6-8-17(9-7-16)18(21)12-19-10-4-5-15(3)13-20/h6-9,14-15,18-21H,4-5,10-13H2,1-3H3. The van der Waals surface area contributed by atoms with Gasteiger partial charge in [-0.05, 0) is 48.8 Å². The summed E-state index contributed by atoms with van der Waals surface area (Å²) in [6.45, 7) is 8.19. The fraction of sp³-hybridized carbons (Fsp3) is 0.667. The summed E-state index contributed by atoms with van der Waals surface area (Å²) in [4.78, 5) is 0. The van der Waals surface area contributed by atoms with Crippen molar-refractivity contribution in [3.8, 4) is 0 Å². The number of benzene rings is 1. The van der Waals surface area contributed by atoms with Crippen molar-refractivity contribution < 1.29 is 10.2 Å². The molecule has 3 nitrogen and oxygen atoms in total. The first-order valence-electron chi connectivity index (χ1n) is 8.11. The number of aliphatic hydroxyl groups excluding tert-OH is 2. The number of aliphatic hydroxyl groups is 2. The second-order valence-electron chi connectivity index (χ2n) is 6.49. The van der Waals surface area contributed by atoms with E-state index in [0.717, 1.165) is 31.4 Å². The molecule has 0 saturated carbocycles. The lowest BCUT2D eigenvalue weighted by Crippen LogP contribution is -2.23. The Morgan fingerprint density at radius 1 is 1.10 bits per heavy atom. The molecule has 0 saturated heterocycles. The van der Waals surface area contributed by atoms with Crippen molar-refractivity contribution >= 4 is 0 Å². The molecule has 0 amide bonds. The molecule has 0 radical (unpaired) electrons. The Balaban J connectivity index is 2.27. The molecular weight excluding hydrogens is 262 g/mol. The number of rotatable bonds is 10. The summed E-state index contributed by atoms with van der Waals surface area (Å²) in [5.74, 6) is 1.02. The van der Waals surface area contributed by atoms with E-state index in [2.05, 4.69) is 31.3 Å². The van der Waals surface area contributed by atoms with Crippen LogP contribution in [-0.2, 0) is 6.42 Å². The highest BCUT2D eigenvalue weighted by Crippen LogP contribution is 2.15. The second-order valence-corrected chi connectivity index (χ2v) is 6.49. The minimum atomic E-state index is -0.451. The Hall–Kier alpha value is -0.900. The van der Waals surface area contributed by atoms with Gasteiger partial charge in [-0.15, -0.1) is 0 Å². The third-order valence-electron chi connectivity index (χ3n) is 3.71. The predicted octanol–water partition coefficient (Wildman–Crippen LogP) is 2.92. The Bertz CT molecular complexity index is 375. The van der Waals surface area contributed by atoms with Crippen molar-refractivity contribution in [2.24, 2.45) is 11.8 Å². The lowest BCUT2D eigenvalue weighted by molar-refractivity contribution is 0.174. The fourth-order valence-electron chi connectivity index (χ4n) is 2.37. The minimum Gasteiger partial charge on any atom is -0.396 e. The van der Waals surface area contributed by atoms with Crippen LogP contribution in [0.2, 0.25) is 0 Å². The Morgan fingerprint density at radius 2 is 1.76 bits per heavy atom. The summed E-state index contributed by atoms with van der Waals surface area (Å²) >= 11 is 0. The molecule has 0 aliphatic rings. The highest BCUT2D eigenvalue weighted by Gasteiger charge is 2.07. The molecule has 2 unspecified atom stereocenters. The maximum Gasteiger partial charge on any atom is 0.0914 e. The highest BCUT2D eigenvalue weighted by molar-refractivity contribution is 5.24. The molecular formula is C18H31NO2. The topological polar surface area (TPSA) is 52.5 Å². The van der Waals surface area contributed by atoms with E-state index in [-0.39, 0.29) is 6.61 Å². The monoisotopic (exact) mass is 293 g/mol. The van der Waals surface area contributed by atoms with Gasteiger partial charge in [-0.3, -0.25) is 0 Å². The van der Waals surface area contributed by atoms with Crippen LogP contribution in [0.15, 0.2) is 24.3 Å². The van der Waals surface area contributed by atoms with Gasteiger partial charge < -0.3 is 15.5 Å². The van der Waals surface area contributed by atoms with Crippen molar-refractivity contribution in [2.75, 3.05) is 19.7 Å². The maximum absolute atomic E-state index is 10.1. The minimum absolute atomic E-state index is 0.255. The third kappa shape index (κ3) is 7.60. The van der Waals surface area contributed by atoms with E-state index in [4.69, 9.17) is 5.11 Å². The predicted molar refractivity (Wildman–Crippen MR) is 88.3 cm³/mol. The molecule has 120 valence electrons. The zero-order chi connectivity index (χ0) is 15.7. The van der Waals surface area contributed by atoms with E-state index in [0.29, 0.717) is 18.4 Å². The normalized spacial score (nSPS) is 14.4. The molecule has 0 aromatic heterocycles. The van der Waals surface area contributed by atoms with Crippen LogP contribution in [0.5, 0.6) is 0 Å². The quantitative estimate of drug-likeness (QED) is 0.581. The van der Waals surface area contributed by atoms with Crippen LogP contribution >= 0.6 is 0 Å². The molecule has 0 bridgehead atoms. The van der Waals surface area contributed by atoms with E-state index < -0.39 is 6.10 Å². The molecule has 1 aromatic carbocycles. The van der Waals surface area contributed by atoms with E-state index in [9.17, 15) is 5.11 Å². The largest absolute Gasteiger partial charge is 0.396 e. The Labute approximate surface area is 129 Å². The van der Waals surface area contributed by atoms with Crippen LogP contribution in [0.1, 0.15) is 50.8 Å². The first-order valence-corrected chi connectivity index (χ1v) is 8.11. The van der Waals surface area contributed by atoms with E-state index in [1.165, 1.54) is 5.56 Å². The first kappa shape index (κ1) is 18.1. The average Bonchev–Trinajstić information content (AvgIpc) is 2.46. The van der Waals surface area contributed by atoms with E-state index >= 15 is 0 Å². The van der Waals surface area contributed by atoms with Gasteiger partial charge in [0, 0.05) is 13.2 Å². The summed E-state index contributed by atoms with van der Waals surface area (Å²) in [5, 5.41) is 22.4. The summed E-state index contributed by atoms with van der Waals surface area (Å²) in [6, 6.07) is 8.28. The van der Waals surface area contributed by atoms with Crippen molar-refractivity contribution in [1.29, 1.82) is 0 Å². The van der Waals surface area contributed by atoms with Gasteiger partial charge in [-0.25, -0.2) is 0 Å². The molecule has 0 aliphatic carbocycles. The molecule has 1 rings (SSSR count). The van der Waals surface area contributed by atoms with Gasteiger partial charge in [-0.1, -0.05) is 45.0 Å². The fourth-order valence-corrected chi connectivity index (χ4v) is 2.37. The second kappa shape index (κ2) is 9.93. The zero-order valence-corrected chi connectivity index (χ0v) is 13.7. The SMILES string of the molecule is CC(C)Cc1ccc(C(O)CNCCCC(C)CO)cc1. The molecule has 21 heavy (non-hydrogen) atoms. The maximum atomic E-state index is 10.1. The lowest BCUT2D eigenvalue weighted by Gasteiger charge is -2.14. The number of nitrogens with one attached hydrogen (secondary N) is 1. The highest BCUT2D eigenvalue weighted by atomic mass is 16.3. The molecule has 1 aromatic rings. The molecule has 0 spiro atoms. The van der Waals surface area contributed by atoms with Gasteiger partial charge in [0.1, 0.15) is 0 Å². The molecule has 2 atom stereocenters. The van der Waals surface area contributed by atoms with Crippen LogP contribution in [0.4, 0.5) is 0 Å². The van der Waals surface area contributed by atoms with Crippen LogP contribution in [0.25, 0.3) is 0 Å². The summed E-state index contributed by atoms with van der Waals surface area (Å²) in [6.07, 6.45) is 2.68. The lowest BCUT2D eigenvalue weighted by atomic mass is 10.0. The number of hydrogen-bond acceptors (Lipinski definition) is 3. The number of hydrogen-bond donors (Lipinski definition) is 3. The smallest absolute Gasteiger partial charge is 0.0914 e. The van der Waals surface area contributed by atoms with E-state index in [1.807, 2.05) is 19.1 Å². The van der Waals surface area contributed by atoms with Crippen molar-refractivity contribution in [1.82, 2.24) is 5.32 Å². The van der Waals surface area contributed by atoms with Gasteiger partial charge in [-0.2, -0.15) is 0 Å². The summed E-state index contributed by atoms with van der Waals surface area (Å²) in [5.41, 5.74) is 2.30. The average molecular weight is 293 g/mol. The van der Waals surface area contributed by atoms with Gasteiger partial charge in [0.15, 0.2) is 0 Å². The van der Waals surface area contributed by atoms with Crippen molar-refractivity contribution in [3.63, 3.8) is 0 Å². The Morgan fingerprint density at radius 3 is 2.33 bits per heavy atom. The van der Waals surface area contributed by atoms with Crippen LogP contribution in [-0.4, -0.2) is 29.9 Å². The van der Waals surface area contributed by atoms with Gasteiger partial charge in [0.25, 0.3) is 0 Å². The molecule has 0 heterocycles. The van der Waals surface area contributed by atoms with Gasteiger partial charge in [0.05, 0.1) is 6.10 Å². The molecule has 0 fully saturated rings. The van der Waals surface area contributed by atoms with Crippen molar-refractivity contribution in [2.45, 2.75) is 46.1 Å². The summed E-state index contributed by atoms with van der Waals surface area (Å²) in [7, 11) is 0. The van der Waals surface area contributed by atoms with Gasteiger partial charge in [0.2, 0.25) is 0 Å². The molecule has 0 aliphatic heterocycles. The van der Waals surface area contributed by atoms with E-state index in [1.54, 1.807) is 0 Å². The third-order valence-corrected chi connectivity index (χ3v) is 3.71.